The van der Waals surface area contributed by atoms with E-state index in [0.717, 1.165) is 36.8 Å². The van der Waals surface area contributed by atoms with Gasteiger partial charge < -0.3 is 10.2 Å². The molecule has 3 rings (SSSR count). The highest BCUT2D eigenvalue weighted by atomic mass is 16.3. The van der Waals surface area contributed by atoms with Crippen LogP contribution in [-0.4, -0.2) is 10.2 Å². The van der Waals surface area contributed by atoms with Crippen LogP contribution >= 0.6 is 0 Å². The van der Waals surface area contributed by atoms with Crippen LogP contribution in [0.3, 0.4) is 0 Å². The Bertz CT molecular complexity index is 415. The summed E-state index contributed by atoms with van der Waals surface area (Å²) < 4.78 is 0. The van der Waals surface area contributed by atoms with Gasteiger partial charge >= 0.3 is 0 Å². The van der Waals surface area contributed by atoms with E-state index in [2.05, 4.69) is 0 Å². The summed E-state index contributed by atoms with van der Waals surface area (Å²) in [5, 5.41) is 20.8. The van der Waals surface area contributed by atoms with E-state index in [4.69, 9.17) is 0 Å². The lowest BCUT2D eigenvalue weighted by Crippen LogP contribution is -2.09. The highest BCUT2D eigenvalue weighted by Crippen LogP contribution is 2.45. The van der Waals surface area contributed by atoms with Crippen molar-refractivity contribution < 1.29 is 10.2 Å². The second kappa shape index (κ2) is 6.07. The van der Waals surface area contributed by atoms with E-state index in [-0.39, 0.29) is 0 Å². The molecular weight excluding hydrogens is 248 g/mol. The largest absolute Gasteiger partial charge is 0.508 e. The molecule has 0 spiro atoms. The van der Waals surface area contributed by atoms with Crippen LogP contribution < -0.4 is 0 Å². The van der Waals surface area contributed by atoms with Gasteiger partial charge in [0, 0.05) is 11.1 Å². The molecule has 0 aliphatic heterocycles. The number of aromatic hydroxyl groups is 2. The lowest BCUT2D eigenvalue weighted by molar-refractivity contribution is 0.387. The van der Waals surface area contributed by atoms with Crippen molar-refractivity contribution in [2.24, 2.45) is 0 Å². The fraction of sp³-hybridized carbons (Fsp3) is 0.667. The van der Waals surface area contributed by atoms with Crippen molar-refractivity contribution >= 4 is 0 Å². The predicted molar refractivity (Wildman–Crippen MR) is 81.4 cm³/mol. The maximum atomic E-state index is 10.7. The quantitative estimate of drug-likeness (QED) is 0.728. The van der Waals surface area contributed by atoms with Crippen molar-refractivity contribution in [2.45, 2.75) is 76.0 Å². The summed E-state index contributed by atoms with van der Waals surface area (Å²) in [6.07, 6.45) is 12.2. The van der Waals surface area contributed by atoms with Crippen LogP contribution in [-0.2, 0) is 0 Å². The monoisotopic (exact) mass is 274 g/mol. The van der Waals surface area contributed by atoms with Crippen molar-refractivity contribution in [2.75, 3.05) is 0 Å². The van der Waals surface area contributed by atoms with Crippen LogP contribution in [0.25, 0.3) is 0 Å². The average Bonchev–Trinajstić information content (AvgIpc) is 2.51. The molecule has 2 nitrogen and oxygen atoms in total. The van der Waals surface area contributed by atoms with Crippen LogP contribution in [0.2, 0.25) is 0 Å². The third kappa shape index (κ3) is 2.79. The van der Waals surface area contributed by atoms with Crippen molar-refractivity contribution in [1.29, 1.82) is 0 Å². The number of hydrogen-bond donors (Lipinski definition) is 2. The number of rotatable bonds is 2. The smallest absolute Gasteiger partial charge is 0.122 e. The molecule has 0 unspecified atom stereocenters. The molecular formula is C18H26O2. The van der Waals surface area contributed by atoms with Gasteiger partial charge in [0.15, 0.2) is 0 Å². The van der Waals surface area contributed by atoms with E-state index in [1.54, 1.807) is 12.1 Å². The van der Waals surface area contributed by atoms with Gasteiger partial charge in [-0.25, -0.2) is 0 Å². The minimum absolute atomic E-state index is 0.337. The lowest BCUT2D eigenvalue weighted by atomic mass is 9.79. The van der Waals surface area contributed by atoms with Crippen LogP contribution in [0.15, 0.2) is 12.1 Å². The van der Waals surface area contributed by atoms with Crippen molar-refractivity contribution in [3.05, 3.63) is 23.3 Å². The third-order valence-corrected chi connectivity index (χ3v) is 5.24. The summed E-state index contributed by atoms with van der Waals surface area (Å²) in [6, 6.07) is 3.61. The first-order chi connectivity index (χ1) is 9.75. The second-order valence-electron chi connectivity index (χ2n) is 6.64. The Hall–Kier alpha value is -1.18. The molecule has 1 aromatic rings. The van der Waals surface area contributed by atoms with Crippen molar-refractivity contribution in [3.63, 3.8) is 0 Å². The van der Waals surface area contributed by atoms with Gasteiger partial charge in [-0.3, -0.25) is 0 Å². The van der Waals surface area contributed by atoms with Gasteiger partial charge in [-0.1, -0.05) is 38.5 Å². The molecule has 0 aromatic heterocycles. The van der Waals surface area contributed by atoms with Gasteiger partial charge in [-0.2, -0.15) is 0 Å². The Kier molecular flexibility index (Phi) is 4.18. The molecule has 2 heteroatoms. The van der Waals surface area contributed by atoms with E-state index >= 15 is 0 Å². The van der Waals surface area contributed by atoms with E-state index in [1.807, 2.05) is 0 Å². The minimum atomic E-state index is 0.337. The summed E-state index contributed by atoms with van der Waals surface area (Å²) in [5.74, 6) is 1.71. The normalized spacial score (nSPS) is 22.0. The number of hydrogen-bond acceptors (Lipinski definition) is 2. The van der Waals surface area contributed by atoms with E-state index in [0.29, 0.717) is 23.3 Å². The predicted octanol–water partition coefficient (Wildman–Crippen LogP) is 5.19. The number of phenols is 2. The van der Waals surface area contributed by atoms with Crippen LogP contribution in [0.5, 0.6) is 11.5 Å². The molecule has 1 aromatic carbocycles. The molecule has 2 saturated carbocycles. The summed E-state index contributed by atoms with van der Waals surface area (Å²) >= 11 is 0. The molecule has 2 N–H and O–H groups in total. The topological polar surface area (TPSA) is 40.5 Å². The Morgan fingerprint density at radius 2 is 1.05 bits per heavy atom. The first kappa shape index (κ1) is 13.8. The van der Waals surface area contributed by atoms with Crippen molar-refractivity contribution in [3.8, 4) is 11.5 Å². The maximum Gasteiger partial charge on any atom is 0.122 e. The zero-order valence-electron chi connectivity index (χ0n) is 12.3. The number of benzene rings is 1. The Balaban J connectivity index is 1.91. The second-order valence-corrected chi connectivity index (χ2v) is 6.64. The highest BCUT2D eigenvalue weighted by Gasteiger charge is 2.25. The highest BCUT2D eigenvalue weighted by molar-refractivity contribution is 5.49. The van der Waals surface area contributed by atoms with Gasteiger partial charge in [-0.15, -0.1) is 0 Å². The van der Waals surface area contributed by atoms with Crippen LogP contribution in [0.4, 0.5) is 0 Å². The molecule has 20 heavy (non-hydrogen) atoms. The molecule has 2 aliphatic rings. The first-order valence-electron chi connectivity index (χ1n) is 8.31. The van der Waals surface area contributed by atoms with Crippen molar-refractivity contribution in [1.82, 2.24) is 0 Å². The van der Waals surface area contributed by atoms with Gasteiger partial charge in [-0.05, 0) is 49.7 Å². The third-order valence-electron chi connectivity index (χ3n) is 5.24. The lowest BCUT2D eigenvalue weighted by Gasteiger charge is -2.27. The Labute approximate surface area is 121 Å². The van der Waals surface area contributed by atoms with Gasteiger partial charge in [0.1, 0.15) is 11.5 Å². The molecule has 0 bridgehead atoms. The Morgan fingerprint density at radius 1 is 0.650 bits per heavy atom. The molecule has 2 aliphatic carbocycles. The standard InChI is InChI=1S/C18H26O2/c19-15-11-16(13-7-3-1-4-8-13)18(20)17(12-15)14-9-5-2-6-10-14/h11-14,19-20H,1-10H2. The van der Waals surface area contributed by atoms with Gasteiger partial charge in [0.2, 0.25) is 0 Å². The SMILES string of the molecule is Oc1cc(C2CCCCC2)c(O)c(C2CCCCC2)c1. The fourth-order valence-electron chi connectivity index (χ4n) is 4.11. The summed E-state index contributed by atoms with van der Waals surface area (Å²) in [7, 11) is 0. The first-order valence-corrected chi connectivity index (χ1v) is 8.31. The van der Waals surface area contributed by atoms with Gasteiger partial charge in [0.05, 0.1) is 0 Å². The van der Waals surface area contributed by atoms with E-state index in [1.165, 1.54) is 38.5 Å². The molecule has 0 atom stereocenters. The average molecular weight is 274 g/mol. The molecule has 2 fully saturated rings. The van der Waals surface area contributed by atoms with E-state index in [9.17, 15) is 10.2 Å². The molecule has 0 radical (unpaired) electrons. The summed E-state index contributed by atoms with van der Waals surface area (Å²) in [6.45, 7) is 0. The maximum absolute atomic E-state index is 10.7. The van der Waals surface area contributed by atoms with E-state index < -0.39 is 0 Å². The zero-order chi connectivity index (χ0) is 13.9. The van der Waals surface area contributed by atoms with Crippen LogP contribution in [0, 0.1) is 0 Å². The summed E-state index contributed by atoms with van der Waals surface area (Å²) in [4.78, 5) is 0. The van der Waals surface area contributed by atoms with Gasteiger partial charge in [0.25, 0.3) is 0 Å². The van der Waals surface area contributed by atoms with Crippen LogP contribution in [0.1, 0.15) is 87.2 Å². The molecule has 110 valence electrons. The summed E-state index contributed by atoms with van der Waals surface area (Å²) in [5.41, 5.74) is 2.01. The number of phenolic OH excluding ortho intramolecular Hbond substituents is 2. The fourth-order valence-corrected chi connectivity index (χ4v) is 4.11. The molecule has 0 saturated heterocycles. The minimum Gasteiger partial charge on any atom is -0.508 e. The molecule has 0 amide bonds. The molecule has 0 heterocycles. The Morgan fingerprint density at radius 3 is 1.45 bits per heavy atom. The zero-order valence-corrected chi connectivity index (χ0v) is 12.3.